The van der Waals surface area contributed by atoms with Gasteiger partial charge in [0, 0.05) is 6.54 Å². The van der Waals surface area contributed by atoms with E-state index in [0.717, 1.165) is 5.56 Å². The highest BCUT2D eigenvalue weighted by Gasteiger charge is 2.16. The Labute approximate surface area is 131 Å². The molecule has 0 aliphatic heterocycles. The van der Waals surface area contributed by atoms with Crippen molar-refractivity contribution in [3.05, 3.63) is 48.0 Å². The fourth-order valence-electron chi connectivity index (χ4n) is 1.79. The van der Waals surface area contributed by atoms with Crippen LogP contribution in [0.1, 0.15) is 26.3 Å². The average molecular weight is 305 g/mol. The standard InChI is InChI=1S/C17H23NO4/c1-17(2,3)22-16(21)18-11-7-10-14(15(19)20)12-13-8-5-4-6-9-13/h4-10,14H,11-12H2,1-3H3,(H,18,21)(H,19,20)/b10-7+/t14-/m1/s1. The Balaban J connectivity index is 2.47. The van der Waals surface area contributed by atoms with E-state index in [1.807, 2.05) is 30.3 Å². The molecule has 0 aliphatic carbocycles. The third-order valence-corrected chi connectivity index (χ3v) is 2.75. The van der Waals surface area contributed by atoms with Crippen LogP contribution in [0, 0.1) is 5.92 Å². The summed E-state index contributed by atoms with van der Waals surface area (Å²) in [5.74, 6) is -1.51. The Hall–Kier alpha value is -2.30. The van der Waals surface area contributed by atoms with Crippen LogP contribution in [-0.4, -0.2) is 29.3 Å². The molecule has 0 saturated carbocycles. The minimum absolute atomic E-state index is 0.230. The second kappa shape index (κ2) is 8.22. The van der Waals surface area contributed by atoms with Gasteiger partial charge in [0.05, 0.1) is 5.92 Å². The molecule has 0 saturated heterocycles. The maximum Gasteiger partial charge on any atom is 0.407 e. The summed E-state index contributed by atoms with van der Waals surface area (Å²) in [5.41, 5.74) is 0.407. The lowest BCUT2D eigenvalue weighted by Gasteiger charge is -2.19. The fourth-order valence-corrected chi connectivity index (χ4v) is 1.79. The van der Waals surface area contributed by atoms with E-state index in [1.165, 1.54) is 0 Å². The van der Waals surface area contributed by atoms with E-state index in [1.54, 1.807) is 32.9 Å². The number of rotatable bonds is 6. The van der Waals surface area contributed by atoms with Crippen LogP contribution in [0.15, 0.2) is 42.5 Å². The predicted octanol–water partition coefficient (Wildman–Crippen LogP) is 3.01. The van der Waals surface area contributed by atoms with E-state index in [0.29, 0.717) is 6.42 Å². The predicted molar refractivity (Wildman–Crippen MR) is 84.6 cm³/mol. The van der Waals surface area contributed by atoms with Crippen LogP contribution < -0.4 is 5.32 Å². The number of alkyl carbamates (subject to hydrolysis) is 1. The summed E-state index contributed by atoms with van der Waals surface area (Å²) < 4.78 is 5.09. The van der Waals surface area contributed by atoms with Gasteiger partial charge in [-0.1, -0.05) is 42.5 Å². The van der Waals surface area contributed by atoms with Crippen LogP contribution in [-0.2, 0) is 16.0 Å². The van der Waals surface area contributed by atoms with Crippen molar-refractivity contribution in [2.45, 2.75) is 32.8 Å². The summed E-state index contributed by atoms with van der Waals surface area (Å²) in [6.45, 7) is 5.57. The molecule has 1 aromatic carbocycles. The fraction of sp³-hybridized carbons (Fsp3) is 0.412. The van der Waals surface area contributed by atoms with Crippen molar-refractivity contribution >= 4 is 12.1 Å². The minimum atomic E-state index is -0.891. The number of aliphatic carboxylic acids is 1. The van der Waals surface area contributed by atoms with Gasteiger partial charge >= 0.3 is 12.1 Å². The van der Waals surface area contributed by atoms with E-state index in [2.05, 4.69) is 5.32 Å². The Morgan fingerprint density at radius 1 is 1.27 bits per heavy atom. The summed E-state index contributed by atoms with van der Waals surface area (Å²) in [7, 11) is 0. The number of benzene rings is 1. The van der Waals surface area contributed by atoms with Crippen molar-refractivity contribution in [3.63, 3.8) is 0 Å². The van der Waals surface area contributed by atoms with Crippen LogP contribution in [0.4, 0.5) is 4.79 Å². The number of hydrogen-bond donors (Lipinski definition) is 2. The third kappa shape index (κ3) is 7.47. The van der Waals surface area contributed by atoms with Crippen molar-refractivity contribution in [2.75, 3.05) is 6.54 Å². The second-order valence-corrected chi connectivity index (χ2v) is 5.95. The molecule has 5 heteroatoms. The van der Waals surface area contributed by atoms with Crippen molar-refractivity contribution in [2.24, 2.45) is 5.92 Å². The number of carbonyl (C=O) groups is 2. The molecule has 22 heavy (non-hydrogen) atoms. The Bertz CT molecular complexity index is 517. The molecule has 120 valence electrons. The van der Waals surface area contributed by atoms with Gasteiger partial charge in [0.2, 0.25) is 0 Å². The first-order chi connectivity index (χ1) is 10.3. The van der Waals surface area contributed by atoms with Gasteiger partial charge in [-0.2, -0.15) is 0 Å². The van der Waals surface area contributed by atoms with Gasteiger partial charge in [0.15, 0.2) is 0 Å². The molecule has 0 unspecified atom stereocenters. The number of carbonyl (C=O) groups excluding carboxylic acids is 1. The normalized spacial score (nSPS) is 12.9. The summed E-state index contributed by atoms with van der Waals surface area (Å²) >= 11 is 0. The summed E-state index contributed by atoms with van der Waals surface area (Å²) in [6.07, 6.45) is 3.12. The number of carboxylic acids is 1. The highest BCUT2D eigenvalue weighted by Crippen LogP contribution is 2.10. The van der Waals surface area contributed by atoms with Crippen molar-refractivity contribution < 1.29 is 19.4 Å². The zero-order valence-electron chi connectivity index (χ0n) is 13.2. The van der Waals surface area contributed by atoms with E-state index in [-0.39, 0.29) is 6.54 Å². The maximum atomic E-state index is 11.4. The van der Waals surface area contributed by atoms with Crippen LogP contribution >= 0.6 is 0 Å². The average Bonchev–Trinajstić information content (AvgIpc) is 2.41. The van der Waals surface area contributed by atoms with E-state index in [4.69, 9.17) is 4.74 Å². The lowest BCUT2D eigenvalue weighted by Crippen LogP contribution is -2.32. The Morgan fingerprint density at radius 3 is 2.45 bits per heavy atom. The van der Waals surface area contributed by atoms with Gasteiger partial charge in [-0.3, -0.25) is 4.79 Å². The van der Waals surface area contributed by atoms with Crippen LogP contribution in [0.2, 0.25) is 0 Å². The van der Waals surface area contributed by atoms with Gasteiger partial charge in [0.25, 0.3) is 0 Å². The Morgan fingerprint density at radius 2 is 1.91 bits per heavy atom. The molecule has 1 amide bonds. The highest BCUT2D eigenvalue weighted by molar-refractivity contribution is 5.72. The number of hydrogen-bond acceptors (Lipinski definition) is 3. The molecule has 1 rings (SSSR count). The highest BCUT2D eigenvalue weighted by atomic mass is 16.6. The van der Waals surface area contributed by atoms with Crippen molar-refractivity contribution in [1.29, 1.82) is 0 Å². The smallest absolute Gasteiger partial charge is 0.407 e. The SMILES string of the molecule is CC(C)(C)OC(=O)NC/C=C/[C@H](Cc1ccccc1)C(=O)O. The second-order valence-electron chi connectivity index (χ2n) is 5.95. The van der Waals surface area contributed by atoms with Crippen LogP contribution in [0.5, 0.6) is 0 Å². The van der Waals surface area contributed by atoms with Gasteiger partial charge in [-0.05, 0) is 32.8 Å². The zero-order valence-corrected chi connectivity index (χ0v) is 13.2. The number of carboxylic acid groups (broad SMARTS) is 1. The quantitative estimate of drug-likeness (QED) is 0.792. The van der Waals surface area contributed by atoms with Gasteiger partial charge in [0.1, 0.15) is 5.60 Å². The van der Waals surface area contributed by atoms with Crippen LogP contribution in [0.3, 0.4) is 0 Å². The first-order valence-electron chi connectivity index (χ1n) is 7.18. The molecule has 0 aromatic heterocycles. The molecule has 0 spiro atoms. The van der Waals surface area contributed by atoms with Gasteiger partial charge in [-0.25, -0.2) is 4.79 Å². The number of nitrogens with one attached hydrogen (secondary N) is 1. The van der Waals surface area contributed by atoms with Crippen LogP contribution in [0.25, 0.3) is 0 Å². The molecule has 0 bridgehead atoms. The lowest BCUT2D eigenvalue weighted by molar-refractivity contribution is -0.140. The monoisotopic (exact) mass is 305 g/mol. The zero-order chi connectivity index (χ0) is 16.6. The largest absolute Gasteiger partial charge is 0.481 e. The molecule has 1 atom stereocenters. The molecule has 5 nitrogen and oxygen atoms in total. The van der Waals surface area contributed by atoms with Gasteiger partial charge < -0.3 is 15.2 Å². The maximum absolute atomic E-state index is 11.4. The molecular weight excluding hydrogens is 282 g/mol. The molecule has 0 aliphatic rings. The van der Waals surface area contributed by atoms with E-state index < -0.39 is 23.6 Å². The van der Waals surface area contributed by atoms with E-state index in [9.17, 15) is 14.7 Å². The Kier molecular flexibility index (Phi) is 6.63. The molecule has 0 fully saturated rings. The van der Waals surface area contributed by atoms with Crippen molar-refractivity contribution in [3.8, 4) is 0 Å². The summed E-state index contributed by atoms with van der Waals surface area (Å²) in [4.78, 5) is 22.7. The molecule has 0 heterocycles. The first-order valence-corrected chi connectivity index (χ1v) is 7.18. The lowest BCUT2D eigenvalue weighted by atomic mass is 9.99. The molecular formula is C17H23NO4. The van der Waals surface area contributed by atoms with Gasteiger partial charge in [-0.15, -0.1) is 0 Å². The van der Waals surface area contributed by atoms with E-state index >= 15 is 0 Å². The molecule has 2 N–H and O–H groups in total. The van der Waals surface area contributed by atoms with Crippen molar-refractivity contribution in [1.82, 2.24) is 5.32 Å². The number of ether oxygens (including phenoxy) is 1. The molecule has 0 radical (unpaired) electrons. The third-order valence-electron chi connectivity index (χ3n) is 2.75. The summed E-state index contributed by atoms with van der Waals surface area (Å²) in [6, 6.07) is 9.43. The number of amides is 1. The molecule has 1 aromatic rings. The topological polar surface area (TPSA) is 75.6 Å². The summed E-state index contributed by atoms with van der Waals surface area (Å²) in [5, 5.41) is 11.8. The first kappa shape index (κ1) is 17.8. The minimum Gasteiger partial charge on any atom is -0.481 e.